The molecule has 1 unspecified atom stereocenters. The quantitative estimate of drug-likeness (QED) is 0.707. The summed E-state index contributed by atoms with van der Waals surface area (Å²) < 4.78 is 28.6. The number of aromatic nitrogens is 3. The molecule has 0 aromatic carbocycles. The first-order valence-electron chi connectivity index (χ1n) is 10.7. The minimum absolute atomic E-state index is 0.0155. The topological polar surface area (TPSA) is 95.0 Å². The summed E-state index contributed by atoms with van der Waals surface area (Å²) >= 11 is 0. The van der Waals surface area contributed by atoms with Gasteiger partial charge in [-0.3, -0.25) is 9.36 Å². The molecule has 1 N–H and O–H groups in total. The van der Waals surface area contributed by atoms with Crippen LogP contribution in [0.2, 0.25) is 0 Å². The third-order valence-electron chi connectivity index (χ3n) is 5.51. The molecule has 1 aliphatic heterocycles. The van der Waals surface area contributed by atoms with Crippen LogP contribution in [0.4, 0.5) is 8.78 Å². The number of hydrogen-bond acceptors (Lipinski definition) is 5. The molecule has 9 heteroatoms. The lowest BCUT2D eigenvalue weighted by molar-refractivity contribution is -0.0494. The number of likely N-dealkylation sites (tertiary alicyclic amines) is 1. The Morgan fingerprint density at radius 1 is 1.33 bits per heavy atom. The fourth-order valence-corrected chi connectivity index (χ4v) is 3.71. The van der Waals surface area contributed by atoms with E-state index in [9.17, 15) is 18.7 Å². The molecule has 2 aromatic rings. The van der Waals surface area contributed by atoms with Crippen molar-refractivity contribution in [2.24, 2.45) is 5.92 Å². The van der Waals surface area contributed by atoms with Gasteiger partial charge in [0.1, 0.15) is 11.1 Å². The van der Waals surface area contributed by atoms with Crippen molar-refractivity contribution in [3.05, 3.63) is 41.9 Å². The summed E-state index contributed by atoms with van der Waals surface area (Å²) in [5.41, 5.74) is 0.630. The molecule has 2 aliphatic rings. The minimum atomic E-state index is -2.74. The maximum Gasteiger partial charge on any atom is 0.255 e. The lowest BCUT2D eigenvalue weighted by atomic mass is 10.0. The van der Waals surface area contributed by atoms with Crippen LogP contribution in [0.3, 0.4) is 0 Å². The highest BCUT2D eigenvalue weighted by Gasteiger charge is 2.36. The number of pyridine rings is 1. The highest BCUT2D eigenvalue weighted by Crippen LogP contribution is 2.29. The van der Waals surface area contributed by atoms with Crippen LogP contribution >= 0.6 is 0 Å². The van der Waals surface area contributed by atoms with E-state index in [2.05, 4.69) is 27.9 Å². The number of alkyl halides is 2. The highest BCUT2D eigenvalue weighted by molar-refractivity contribution is 5.97. The predicted molar refractivity (Wildman–Crippen MR) is 118 cm³/mol. The zero-order chi connectivity index (χ0) is 23.8. The fourth-order valence-electron chi connectivity index (χ4n) is 3.71. The van der Waals surface area contributed by atoms with Crippen LogP contribution in [0.1, 0.15) is 49.3 Å². The smallest absolute Gasteiger partial charge is 0.255 e. The lowest BCUT2D eigenvalue weighted by Gasteiger charge is -2.31. The average Bonchev–Trinajstić information content (AvgIpc) is 3.14. The summed E-state index contributed by atoms with van der Waals surface area (Å²) in [5, 5.41) is 19.2. The van der Waals surface area contributed by atoms with E-state index < -0.39 is 11.5 Å². The number of allylic oxidation sites excluding steroid dienone is 4. The van der Waals surface area contributed by atoms with Gasteiger partial charge in [0, 0.05) is 37.8 Å². The lowest BCUT2D eigenvalue weighted by Crippen LogP contribution is -2.42. The summed E-state index contributed by atoms with van der Waals surface area (Å²) in [5.74, 6) is 2.62. The van der Waals surface area contributed by atoms with E-state index in [0.29, 0.717) is 23.4 Å². The molecule has 4 rings (SSSR count). The SMILES string of the molecule is CC(C)(O)C#Cc1nc2cc(C(=O)N3CCC(F)(F)CC3)cnc2n1C1=CCC(C#N)C=C1. The Hall–Kier alpha value is -3.56. The van der Waals surface area contributed by atoms with Gasteiger partial charge in [0.2, 0.25) is 0 Å². The van der Waals surface area contributed by atoms with Crippen LogP contribution in [-0.4, -0.2) is 55.1 Å². The summed E-state index contributed by atoms with van der Waals surface area (Å²) in [6.45, 7) is 3.08. The van der Waals surface area contributed by atoms with E-state index in [0.717, 1.165) is 5.70 Å². The molecule has 0 bridgehead atoms. The number of carbonyl (C=O) groups is 1. The second-order valence-electron chi connectivity index (χ2n) is 8.75. The van der Waals surface area contributed by atoms with Crippen LogP contribution in [-0.2, 0) is 0 Å². The Morgan fingerprint density at radius 2 is 2.06 bits per heavy atom. The van der Waals surface area contributed by atoms with E-state index in [4.69, 9.17) is 5.26 Å². The Bertz CT molecular complexity index is 1260. The van der Waals surface area contributed by atoms with Gasteiger partial charge in [-0.15, -0.1) is 0 Å². The van der Waals surface area contributed by atoms with E-state index >= 15 is 0 Å². The van der Waals surface area contributed by atoms with Crippen molar-refractivity contribution in [1.82, 2.24) is 19.4 Å². The third kappa shape index (κ3) is 4.94. The maximum atomic E-state index is 13.5. The van der Waals surface area contributed by atoms with E-state index in [-0.39, 0.29) is 43.3 Å². The number of aliphatic hydroxyl groups is 1. The Kier molecular flexibility index (Phi) is 5.77. The van der Waals surface area contributed by atoms with Crippen LogP contribution < -0.4 is 0 Å². The summed E-state index contributed by atoms with van der Waals surface area (Å²) in [6, 6.07) is 3.78. The van der Waals surface area contributed by atoms with Gasteiger partial charge in [0.05, 0.1) is 17.6 Å². The summed E-state index contributed by atoms with van der Waals surface area (Å²) in [4.78, 5) is 23.2. The molecular weight excluding hydrogens is 428 g/mol. The van der Waals surface area contributed by atoms with E-state index in [1.54, 1.807) is 36.6 Å². The first kappa shape index (κ1) is 22.6. The number of fused-ring (bicyclic) bond motifs is 1. The first-order valence-corrected chi connectivity index (χ1v) is 10.7. The molecule has 1 amide bonds. The van der Waals surface area contributed by atoms with Crippen LogP contribution in [0.5, 0.6) is 0 Å². The monoisotopic (exact) mass is 451 g/mol. The number of hydrogen-bond donors (Lipinski definition) is 1. The summed E-state index contributed by atoms with van der Waals surface area (Å²) in [6.07, 6.45) is 6.69. The van der Waals surface area contributed by atoms with Crippen molar-refractivity contribution in [1.29, 1.82) is 5.26 Å². The van der Waals surface area contributed by atoms with E-state index in [1.165, 1.54) is 11.1 Å². The Morgan fingerprint density at radius 3 is 2.67 bits per heavy atom. The van der Waals surface area contributed by atoms with Gasteiger partial charge in [-0.25, -0.2) is 18.7 Å². The molecule has 33 heavy (non-hydrogen) atoms. The molecule has 7 nitrogen and oxygen atoms in total. The number of rotatable bonds is 2. The molecule has 3 heterocycles. The van der Waals surface area contributed by atoms with Crippen molar-refractivity contribution in [2.75, 3.05) is 13.1 Å². The fraction of sp³-hybridized carbons (Fsp3) is 0.417. The molecule has 1 aliphatic carbocycles. The number of carbonyl (C=O) groups excluding carboxylic acids is 1. The molecular formula is C24H23F2N5O2. The molecule has 0 radical (unpaired) electrons. The zero-order valence-corrected chi connectivity index (χ0v) is 18.3. The largest absolute Gasteiger partial charge is 0.378 e. The molecule has 1 atom stereocenters. The Labute approximate surface area is 190 Å². The maximum absolute atomic E-state index is 13.5. The number of nitriles is 1. The van der Waals surface area contributed by atoms with Gasteiger partial charge < -0.3 is 10.0 Å². The third-order valence-corrected chi connectivity index (χ3v) is 5.51. The van der Waals surface area contributed by atoms with Gasteiger partial charge in [-0.2, -0.15) is 5.26 Å². The molecule has 0 spiro atoms. The van der Waals surface area contributed by atoms with Crippen molar-refractivity contribution in [3.8, 4) is 17.9 Å². The number of halogens is 2. The van der Waals surface area contributed by atoms with Crippen molar-refractivity contribution >= 4 is 22.8 Å². The van der Waals surface area contributed by atoms with Crippen molar-refractivity contribution in [3.63, 3.8) is 0 Å². The molecule has 1 saturated heterocycles. The number of amides is 1. The normalized spacial score (nSPS) is 20.1. The standard InChI is InChI=1S/C24H23F2N5O2/c1-23(2,33)8-7-20-29-19-13-17(22(32)30-11-9-24(25,26)10-12-30)15-28-21(19)31(20)18-5-3-16(14-27)4-6-18/h3,5-6,13,15-16,33H,4,9-12H2,1-2H3. The van der Waals surface area contributed by atoms with E-state index in [1.807, 2.05) is 6.08 Å². The van der Waals surface area contributed by atoms with Crippen molar-refractivity contribution < 1.29 is 18.7 Å². The van der Waals surface area contributed by atoms with Crippen molar-refractivity contribution in [2.45, 2.75) is 44.6 Å². The molecule has 0 saturated carbocycles. The number of imidazole rings is 1. The zero-order valence-electron chi connectivity index (χ0n) is 18.3. The van der Waals surface area contributed by atoms with Gasteiger partial charge in [-0.1, -0.05) is 18.1 Å². The van der Waals surface area contributed by atoms with Gasteiger partial charge in [0.25, 0.3) is 11.8 Å². The number of piperidine rings is 1. The highest BCUT2D eigenvalue weighted by atomic mass is 19.3. The van der Waals surface area contributed by atoms with Gasteiger partial charge in [0.15, 0.2) is 11.5 Å². The van der Waals surface area contributed by atoms with Gasteiger partial charge >= 0.3 is 0 Å². The van der Waals surface area contributed by atoms with Crippen LogP contribution in [0.25, 0.3) is 16.9 Å². The average molecular weight is 451 g/mol. The molecule has 170 valence electrons. The van der Waals surface area contributed by atoms with Crippen LogP contribution in [0, 0.1) is 29.1 Å². The Balaban J connectivity index is 1.73. The predicted octanol–water partition coefficient (Wildman–Crippen LogP) is 3.37. The second kappa shape index (κ2) is 8.42. The van der Waals surface area contributed by atoms with Crippen LogP contribution in [0.15, 0.2) is 30.5 Å². The summed E-state index contributed by atoms with van der Waals surface area (Å²) in [7, 11) is 0. The number of nitrogens with zero attached hydrogens (tertiary/aromatic N) is 5. The minimum Gasteiger partial charge on any atom is -0.378 e. The second-order valence-corrected chi connectivity index (χ2v) is 8.75. The molecule has 1 fully saturated rings. The molecule has 2 aromatic heterocycles. The van der Waals surface area contributed by atoms with Gasteiger partial charge in [-0.05, 0) is 38.3 Å². The first-order chi connectivity index (χ1) is 15.6.